The van der Waals surface area contributed by atoms with Crippen molar-refractivity contribution in [2.24, 2.45) is 10.7 Å². The van der Waals surface area contributed by atoms with E-state index in [0.717, 1.165) is 5.56 Å². The molecule has 19 heavy (non-hydrogen) atoms. The molecular formula is C14H17IN4. The zero-order valence-corrected chi connectivity index (χ0v) is 12.8. The molecule has 0 aliphatic carbocycles. The van der Waals surface area contributed by atoms with Gasteiger partial charge in [-0.1, -0.05) is 36.4 Å². The SMILES string of the molecule is I.NC(=NCc1cccnc1)NCc1ccccc1. The lowest BCUT2D eigenvalue weighted by molar-refractivity contribution is 0.884. The van der Waals surface area contributed by atoms with Crippen molar-refractivity contribution in [2.75, 3.05) is 0 Å². The van der Waals surface area contributed by atoms with Gasteiger partial charge in [-0.05, 0) is 17.2 Å². The Hall–Kier alpha value is -1.63. The van der Waals surface area contributed by atoms with Crippen LogP contribution in [0.1, 0.15) is 11.1 Å². The minimum absolute atomic E-state index is 0. The van der Waals surface area contributed by atoms with Crippen LogP contribution in [0.2, 0.25) is 0 Å². The summed E-state index contributed by atoms with van der Waals surface area (Å²) < 4.78 is 0. The van der Waals surface area contributed by atoms with Crippen molar-refractivity contribution >= 4 is 29.9 Å². The van der Waals surface area contributed by atoms with Gasteiger partial charge < -0.3 is 11.1 Å². The third kappa shape index (κ3) is 5.69. The van der Waals surface area contributed by atoms with Crippen molar-refractivity contribution in [3.8, 4) is 0 Å². The van der Waals surface area contributed by atoms with Gasteiger partial charge in [0.05, 0.1) is 6.54 Å². The quantitative estimate of drug-likeness (QED) is 0.495. The number of rotatable bonds is 4. The lowest BCUT2D eigenvalue weighted by Gasteiger charge is -2.05. The van der Waals surface area contributed by atoms with Crippen molar-refractivity contribution in [2.45, 2.75) is 13.1 Å². The number of guanidine groups is 1. The molecule has 0 aliphatic heterocycles. The highest BCUT2D eigenvalue weighted by molar-refractivity contribution is 14.0. The summed E-state index contributed by atoms with van der Waals surface area (Å²) in [6, 6.07) is 13.9. The minimum atomic E-state index is 0. The lowest BCUT2D eigenvalue weighted by Crippen LogP contribution is -2.31. The Labute approximate surface area is 130 Å². The van der Waals surface area contributed by atoms with Crippen LogP contribution in [0, 0.1) is 0 Å². The third-order valence-electron chi connectivity index (χ3n) is 2.47. The van der Waals surface area contributed by atoms with E-state index in [2.05, 4.69) is 15.3 Å². The second kappa shape index (κ2) is 8.47. The predicted octanol–water partition coefficient (Wildman–Crippen LogP) is 2.30. The Bertz CT molecular complexity index is 499. The van der Waals surface area contributed by atoms with Crippen LogP contribution in [-0.4, -0.2) is 10.9 Å². The summed E-state index contributed by atoms with van der Waals surface area (Å²) in [6.07, 6.45) is 3.53. The standard InChI is InChI=1S/C14H16N4.HI/c15-14(17-10-12-5-2-1-3-6-12)18-11-13-7-4-8-16-9-13;/h1-9H,10-11H2,(H3,15,17,18);1H. The first kappa shape index (κ1) is 15.4. The van der Waals surface area contributed by atoms with E-state index in [-0.39, 0.29) is 24.0 Å². The number of aromatic nitrogens is 1. The summed E-state index contributed by atoms with van der Waals surface area (Å²) in [4.78, 5) is 8.28. The molecule has 0 saturated carbocycles. The summed E-state index contributed by atoms with van der Waals surface area (Å²) in [5.41, 5.74) is 8.01. The van der Waals surface area contributed by atoms with E-state index < -0.39 is 0 Å². The Morgan fingerprint density at radius 3 is 2.53 bits per heavy atom. The third-order valence-corrected chi connectivity index (χ3v) is 2.47. The van der Waals surface area contributed by atoms with Gasteiger partial charge in [0.25, 0.3) is 0 Å². The number of benzene rings is 1. The molecule has 0 unspecified atom stereocenters. The number of nitrogens with zero attached hydrogens (tertiary/aromatic N) is 2. The van der Waals surface area contributed by atoms with Crippen molar-refractivity contribution < 1.29 is 0 Å². The molecule has 1 heterocycles. The largest absolute Gasteiger partial charge is 0.370 e. The van der Waals surface area contributed by atoms with Crippen LogP contribution in [0.3, 0.4) is 0 Å². The lowest BCUT2D eigenvalue weighted by atomic mass is 10.2. The highest BCUT2D eigenvalue weighted by Crippen LogP contribution is 1.98. The molecule has 100 valence electrons. The summed E-state index contributed by atoms with van der Waals surface area (Å²) in [6.45, 7) is 1.23. The van der Waals surface area contributed by atoms with Crippen LogP contribution in [0.4, 0.5) is 0 Å². The summed E-state index contributed by atoms with van der Waals surface area (Å²) in [7, 11) is 0. The van der Waals surface area contributed by atoms with Crippen LogP contribution < -0.4 is 11.1 Å². The van der Waals surface area contributed by atoms with Crippen LogP contribution in [0.25, 0.3) is 0 Å². The van der Waals surface area contributed by atoms with Gasteiger partial charge in [0.1, 0.15) is 0 Å². The zero-order valence-electron chi connectivity index (χ0n) is 10.5. The molecule has 0 radical (unpaired) electrons. The molecule has 5 heteroatoms. The first-order chi connectivity index (χ1) is 8.84. The number of nitrogens with two attached hydrogens (primary N) is 1. The average Bonchev–Trinajstić information content (AvgIpc) is 2.45. The molecule has 0 bridgehead atoms. The summed E-state index contributed by atoms with van der Waals surface area (Å²) >= 11 is 0. The number of pyridine rings is 1. The zero-order chi connectivity index (χ0) is 12.6. The van der Waals surface area contributed by atoms with E-state index >= 15 is 0 Å². The molecule has 0 atom stereocenters. The van der Waals surface area contributed by atoms with Gasteiger partial charge >= 0.3 is 0 Å². The Morgan fingerprint density at radius 2 is 1.84 bits per heavy atom. The van der Waals surface area contributed by atoms with Gasteiger partial charge in [0.2, 0.25) is 0 Å². The second-order valence-corrected chi connectivity index (χ2v) is 3.90. The summed E-state index contributed by atoms with van der Waals surface area (Å²) in [5.74, 6) is 0.447. The molecule has 3 N–H and O–H groups in total. The molecule has 2 rings (SSSR count). The summed E-state index contributed by atoms with van der Waals surface area (Å²) in [5, 5.41) is 3.08. The van der Waals surface area contributed by atoms with Gasteiger partial charge in [0.15, 0.2) is 5.96 Å². The van der Waals surface area contributed by atoms with Crippen LogP contribution >= 0.6 is 24.0 Å². The van der Waals surface area contributed by atoms with E-state index in [4.69, 9.17) is 5.73 Å². The number of aliphatic imine (C=N–C) groups is 1. The molecule has 0 aliphatic rings. The maximum atomic E-state index is 5.79. The monoisotopic (exact) mass is 368 g/mol. The van der Waals surface area contributed by atoms with Crippen molar-refractivity contribution in [3.63, 3.8) is 0 Å². The van der Waals surface area contributed by atoms with Gasteiger partial charge in [-0.3, -0.25) is 4.98 Å². The molecular weight excluding hydrogens is 351 g/mol. The highest BCUT2D eigenvalue weighted by Gasteiger charge is 1.94. The first-order valence-electron chi connectivity index (χ1n) is 5.81. The molecule has 0 saturated heterocycles. The van der Waals surface area contributed by atoms with Crippen LogP contribution in [0.15, 0.2) is 59.9 Å². The molecule has 4 nitrogen and oxygen atoms in total. The van der Waals surface area contributed by atoms with Gasteiger partial charge in [-0.15, -0.1) is 24.0 Å². The molecule has 0 amide bonds. The Balaban J connectivity index is 0.00000180. The number of hydrogen-bond acceptors (Lipinski definition) is 2. The second-order valence-electron chi connectivity index (χ2n) is 3.90. The molecule has 1 aromatic carbocycles. The molecule has 0 fully saturated rings. The predicted molar refractivity (Wildman–Crippen MR) is 88.3 cm³/mol. The highest BCUT2D eigenvalue weighted by atomic mass is 127. The number of halogens is 1. The van der Waals surface area contributed by atoms with E-state index in [9.17, 15) is 0 Å². The van der Waals surface area contributed by atoms with E-state index in [1.54, 1.807) is 12.4 Å². The topological polar surface area (TPSA) is 63.3 Å². The molecule has 0 spiro atoms. The van der Waals surface area contributed by atoms with Crippen LogP contribution in [0.5, 0.6) is 0 Å². The Kier molecular flexibility index (Phi) is 6.88. The average molecular weight is 368 g/mol. The van der Waals surface area contributed by atoms with Gasteiger partial charge in [-0.25, -0.2) is 4.99 Å². The van der Waals surface area contributed by atoms with E-state index in [0.29, 0.717) is 19.0 Å². The van der Waals surface area contributed by atoms with E-state index in [1.165, 1.54) is 5.56 Å². The fraction of sp³-hybridized carbons (Fsp3) is 0.143. The number of hydrogen-bond donors (Lipinski definition) is 2. The molecule has 2 aromatic rings. The fourth-order valence-corrected chi connectivity index (χ4v) is 1.51. The van der Waals surface area contributed by atoms with Crippen molar-refractivity contribution in [3.05, 3.63) is 66.0 Å². The maximum absolute atomic E-state index is 5.79. The van der Waals surface area contributed by atoms with Crippen LogP contribution in [-0.2, 0) is 13.1 Å². The molecule has 1 aromatic heterocycles. The van der Waals surface area contributed by atoms with Gasteiger partial charge in [0, 0.05) is 18.9 Å². The maximum Gasteiger partial charge on any atom is 0.189 e. The Morgan fingerprint density at radius 1 is 1.11 bits per heavy atom. The number of nitrogens with one attached hydrogen (secondary N) is 1. The van der Waals surface area contributed by atoms with Crippen molar-refractivity contribution in [1.29, 1.82) is 0 Å². The van der Waals surface area contributed by atoms with Crippen molar-refractivity contribution in [1.82, 2.24) is 10.3 Å². The normalized spacial score (nSPS) is 10.6. The minimum Gasteiger partial charge on any atom is -0.370 e. The fourth-order valence-electron chi connectivity index (χ4n) is 1.51. The van der Waals surface area contributed by atoms with Gasteiger partial charge in [-0.2, -0.15) is 0 Å². The smallest absolute Gasteiger partial charge is 0.189 e. The first-order valence-corrected chi connectivity index (χ1v) is 5.81. The van der Waals surface area contributed by atoms with E-state index in [1.807, 2.05) is 42.5 Å².